The Balaban J connectivity index is 1.90. The minimum Gasteiger partial charge on any atom is -0.501 e. The first kappa shape index (κ1) is 17.1. The average Bonchev–Trinajstić information content (AvgIpc) is 2.65. The van der Waals surface area contributed by atoms with Gasteiger partial charge in [0.25, 0.3) is 0 Å². The van der Waals surface area contributed by atoms with Gasteiger partial charge in [-0.2, -0.15) is 0 Å². The fraction of sp³-hybridized carbons (Fsp3) is 0.625. The molecular formula is C16H24BrNO2S. The normalized spacial score (nSPS) is 35.1. The number of allylic oxidation sites excluding steroid dienone is 5. The van der Waals surface area contributed by atoms with E-state index >= 15 is 0 Å². The highest BCUT2D eigenvalue weighted by Gasteiger charge is 2.17. The van der Waals surface area contributed by atoms with E-state index < -0.39 is 0 Å². The maximum Gasteiger partial charge on any atom is 0.0968 e. The van der Waals surface area contributed by atoms with Crippen LogP contribution >= 0.6 is 27.9 Å². The zero-order valence-electron chi connectivity index (χ0n) is 12.5. The third-order valence-electron chi connectivity index (χ3n) is 3.86. The first-order chi connectivity index (χ1) is 10.2. The third-order valence-corrected chi connectivity index (χ3v) is 5.39. The number of nitrogens with one attached hydrogen (secondary N) is 1. The van der Waals surface area contributed by atoms with Crippen LogP contribution in [0.15, 0.2) is 33.4 Å². The Hall–Kier alpha value is -0.230. The van der Waals surface area contributed by atoms with E-state index in [1.54, 1.807) is 19.1 Å². The van der Waals surface area contributed by atoms with Gasteiger partial charge in [-0.15, -0.1) is 0 Å². The molecule has 21 heavy (non-hydrogen) atoms. The molecule has 5 heteroatoms. The predicted molar refractivity (Wildman–Crippen MR) is 93.0 cm³/mol. The van der Waals surface area contributed by atoms with Gasteiger partial charge in [0, 0.05) is 21.9 Å². The lowest BCUT2D eigenvalue weighted by Gasteiger charge is -2.18. The molecule has 0 bridgehead atoms. The van der Waals surface area contributed by atoms with Gasteiger partial charge in [-0.25, -0.2) is 0 Å². The van der Waals surface area contributed by atoms with E-state index in [2.05, 4.69) is 38.9 Å². The van der Waals surface area contributed by atoms with Crippen LogP contribution in [0.5, 0.6) is 0 Å². The van der Waals surface area contributed by atoms with Crippen LogP contribution in [0.2, 0.25) is 0 Å². The van der Waals surface area contributed by atoms with Crippen LogP contribution in [-0.2, 0) is 4.74 Å². The van der Waals surface area contributed by atoms with Gasteiger partial charge in [0.05, 0.1) is 19.0 Å². The molecule has 0 aromatic heterocycles. The quantitative estimate of drug-likeness (QED) is 0.565. The Labute approximate surface area is 140 Å². The fourth-order valence-corrected chi connectivity index (χ4v) is 4.16. The summed E-state index contributed by atoms with van der Waals surface area (Å²) in [7, 11) is 1.73. The average molecular weight is 374 g/mol. The van der Waals surface area contributed by atoms with E-state index in [1.165, 1.54) is 4.91 Å². The molecule has 0 radical (unpaired) electrons. The van der Waals surface area contributed by atoms with E-state index in [0.717, 1.165) is 55.2 Å². The van der Waals surface area contributed by atoms with Crippen molar-refractivity contribution in [2.24, 2.45) is 0 Å². The van der Waals surface area contributed by atoms with Crippen molar-refractivity contribution in [2.45, 2.75) is 57.1 Å². The maximum absolute atomic E-state index is 9.71. The van der Waals surface area contributed by atoms with Crippen LogP contribution in [0.25, 0.3) is 0 Å². The van der Waals surface area contributed by atoms with Crippen molar-refractivity contribution in [3.8, 4) is 0 Å². The lowest BCUT2D eigenvalue weighted by Crippen LogP contribution is -2.22. The summed E-state index contributed by atoms with van der Waals surface area (Å²) in [5, 5.41) is 9.71. The zero-order chi connectivity index (χ0) is 15.1. The molecule has 0 aliphatic heterocycles. The van der Waals surface area contributed by atoms with Crippen LogP contribution in [0.4, 0.5) is 0 Å². The molecule has 2 N–H and O–H groups in total. The van der Waals surface area contributed by atoms with Crippen LogP contribution in [0.3, 0.4) is 0 Å². The Kier molecular flexibility index (Phi) is 7.37. The molecule has 2 aliphatic carbocycles. The molecule has 0 unspecified atom stereocenters. The van der Waals surface area contributed by atoms with Crippen molar-refractivity contribution in [2.75, 3.05) is 7.11 Å². The number of hydrogen-bond donors (Lipinski definition) is 2. The Morgan fingerprint density at radius 2 is 2.14 bits per heavy atom. The molecule has 0 aromatic carbocycles. The molecule has 1 fully saturated rings. The lowest BCUT2D eigenvalue weighted by atomic mass is 10.1. The van der Waals surface area contributed by atoms with Gasteiger partial charge in [-0.3, -0.25) is 4.72 Å². The van der Waals surface area contributed by atoms with Crippen molar-refractivity contribution < 1.29 is 9.84 Å². The number of rotatable bonds is 4. The van der Waals surface area contributed by atoms with Crippen LogP contribution < -0.4 is 4.72 Å². The summed E-state index contributed by atoms with van der Waals surface area (Å²) in [6.07, 6.45) is 13.2. The largest absolute Gasteiger partial charge is 0.501 e. The number of halogens is 1. The second-order valence-corrected chi connectivity index (χ2v) is 7.45. The number of aliphatic hydroxyl groups excluding tert-OH is 1. The molecule has 118 valence electrons. The lowest BCUT2D eigenvalue weighted by molar-refractivity contribution is 0.157. The summed E-state index contributed by atoms with van der Waals surface area (Å²) in [5.74, 6) is 1.02. The minimum atomic E-state index is -0.109. The van der Waals surface area contributed by atoms with Crippen LogP contribution in [0, 0.1) is 0 Å². The first-order valence-electron chi connectivity index (χ1n) is 7.57. The maximum atomic E-state index is 9.71. The van der Waals surface area contributed by atoms with E-state index in [-0.39, 0.29) is 6.10 Å². The molecule has 2 rings (SSSR count). The molecule has 3 nitrogen and oxygen atoms in total. The summed E-state index contributed by atoms with van der Waals surface area (Å²) in [6, 6.07) is 0.483. The highest BCUT2D eigenvalue weighted by molar-refractivity contribution is 9.11. The monoisotopic (exact) mass is 373 g/mol. The van der Waals surface area contributed by atoms with E-state index in [9.17, 15) is 5.11 Å². The standard InChI is InChI=1S/C16H24BrNO2S/c1-20-15-7-2-4-12(17)10-16(11-15)21-18-13-5-3-6-14(19)9-8-13/h4,7,10,13-14,18-19H,2-3,5-6,8-9,11H2,1H3/b12-4+,15-7+,16-10+/t13-,14+/m0/s1. The minimum absolute atomic E-state index is 0.109. The zero-order valence-corrected chi connectivity index (χ0v) is 14.9. The van der Waals surface area contributed by atoms with Crippen molar-refractivity contribution in [1.82, 2.24) is 4.72 Å². The summed E-state index contributed by atoms with van der Waals surface area (Å²) in [6.45, 7) is 0. The topological polar surface area (TPSA) is 41.5 Å². The predicted octanol–water partition coefficient (Wildman–Crippen LogP) is 4.40. The van der Waals surface area contributed by atoms with Gasteiger partial charge in [0.2, 0.25) is 0 Å². The fourth-order valence-electron chi connectivity index (χ4n) is 2.59. The number of aliphatic hydroxyl groups is 1. The Morgan fingerprint density at radius 1 is 1.29 bits per heavy atom. The van der Waals surface area contributed by atoms with Gasteiger partial charge in [0.1, 0.15) is 0 Å². The molecule has 0 amide bonds. The van der Waals surface area contributed by atoms with Gasteiger partial charge in [0.15, 0.2) is 0 Å². The summed E-state index contributed by atoms with van der Waals surface area (Å²) in [4.78, 5) is 1.25. The van der Waals surface area contributed by atoms with Crippen molar-refractivity contribution in [3.05, 3.63) is 33.4 Å². The van der Waals surface area contributed by atoms with E-state index in [0.29, 0.717) is 6.04 Å². The third kappa shape index (κ3) is 6.19. The smallest absolute Gasteiger partial charge is 0.0968 e. The van der Waals surface area contributed by atoms with Crippen molar-refractivity contribution >= 4 is 27.9 Å². The second kappa shape index (κ2) is 9.03. The summed E-state index contributed by atoms with van der Waals surface area (Å²) < 4.78 is 10.1. The SMILES string of the molecule is CO/C1=C/C/C=C(Br)\C=C(\SN[C@H]2CCC[C@@H](O)CC2)C1. The molecule has 0 aromatic rings. The first-order valence-corrected chi connectivity index (χ1v) is 9.18. The molecule has 1 saturated carbocycles. The molecule has 0 heterocycles. The van der Waals surface area contributed by atoms with Gasteiger partial charge < -0.3 is 9.84 Å². The van der Waals surface area contributed by atoms with Gasteiger partial charge >= 0.3 is 0 Å². The Morgan fingerprint density at radius 3 is 2.95 bits per heavy atom. The van der Waals surface area contributed by atoms with E-state index in [4.69, 9.17) is 4.74 Å². The van der Waals surface area contributed by atoms with Crippen LogP contribution in [0.1, 0.15) is 44.9 Å². The van der Waals surface area contributed by atoms with Gasteiger partial charge in [-0.1, -0.05) is 22.0 Å². The summed E-state index contributed by atoms with van der Waals surface area (Å²) in [5.41, 5.74) is 0. The van der Waals surface area contributed by atoms with Crippen LogP contribution in [-0.4, -0.2) is 24.4 Å². The number of hydrogen-bond acceptors (Lipinski definition) is 4. The highest BCUT2D eigenvalue weighted by Crippen LogP contribution is 2.29. The van der Waals surface area contributed by atoms with E-state index in [1.807, 2.05) is 0 Å². The second-order valence-electron chi connectivity index (χ2n) is 5.57. The molecule has 0 saturated heterocycles. The Bertz CT molecular complexity index is 434. The molecule has 0 spiro atoms. The van der Waals surface area contributed by atoms with Gasteiger partial charge in [-0.05, 0) is 62.6 Å². The number of methoxy groups -OCH3 is 1. The molecular weight excluding hydrogens is 350 g/mol. The molecule has 2 atom stereocenters. The highest BCUT2D eigenvalue weighted by atomic mass is 79.9. The number of ether oxygens (including phenoxy) is 1. The summed E-state index contributed by atoms with van der Waals surface area (Å²) >= 11 is 5.28. The molecule has 2 aliphatic rings. The van der Waals surface area contributed by atoms with Crippen molar-refractivity contribution in [1.29, 1.82) is 0 Å². The van der Waals surface area contributed by atoms with Crippen molar-refractivity contribution in [3.63, 3.8) is 0 Å².